The standard InChI is InChI=1S/C16H22O4/c1-10(2)19-15(17)13-8-6-7-12(5)9-14(13)16(18)20-11(3)4/h6-11,13H,1-5H3. The van der Waals surface area contributed by atoms with Gasteiger partial charge >= 0.3 is 11.9 Å². The first-order valence-corrected chi connectivity index (χ1v) is 6.79. The van der Waals surface area contributed by atoms with Crippen LogP contribution in [-0.2, 0) is 19.1 Å². The molecule has 0 heterocycles. The molecule has 1 atom stereocenters. The van der Waals surface area contributed by atoms with Gasteiger partial charge in [0.05, 0.1) is 17.8 Å². The topological polar surface area (TPSA) is 52.6 Å². The lowest BCUT2D eigenvalue weighted by molar-refractivity contribution is -0.153. The van der Waals surface area contributed by atoms with Crippen LogP contribution < -0.4 is 0 Å². The van der Waals surface area contributed by atoms with Gasteiger partial charge in [0.25, 0.3) is 0 Å². The van der Waals surface area contributed by atoms with Crippen LogP contribution in [0.5, 0.6) is 0 Å². The molecule has 1 rings (SSSR count). The maximum absolute atomic E-state index is 12.1. The highest BCUT2D eigenvalue weighted by atomic mass is 16.5. The summed E-state index contributed by atoms with van der Waals surface area (Å²) in [4.78, 5) is 24.3. The normalized spacial score (nSPS) is 18.4. The first-order valence-electron chi connectivity index (χ1n) is 6.79. The van der Waals surface area contributed by atoms with E-state index < -0.39 is 17.9 Å². The van der Waals surface area contributed by atoms with Gasteiger partial charge in [-0.15, -0.1) is 0 Å². The molecule has 0 saturated carbocycles. The average molecular weight is 278 g/mol. The Labute approximate surface area is 120 Å². The Morgan fingerprint density at radius 1 is 1.10 bits per heavy atom. The molecule has 0 bridgehead atoms. The largest absolute Gasteiger partial charge is 0.462 e. The van der Waals surface area contributed by atoms with Gasteiger partial charge in [-0.3, -0.25) is 4.79 Å². The van der Waals surface area contributed by atoms with Crippen molar-refractivity contribution in [1.29, 1.82) is 0 Å². The van der Waals surface area contributed by atoms with E-state index in [-0.39, 0.29) is 12.2 Å². The van der Waals surface area contributed by atoms with Crippen molar-refractivity contribution in [1.82, 2.24) is 0 Å². The first-order chi connectivity index (χ1) is 9.31. The summed E-state index contributed by atoms with van der Waals surface area (Å²) in [6, 6.07) is 0. The van der Waals surface area contributed by atoms with E-state index >= 15 is 0 Å². The summed E-state index contributed by atoms with van der Waals surface area (Å²) < 4.78 is 10.4. The lowest BCUT2D eigenvalue weighted by Gasteiger charge is -2.18. The first kappa shape index (κ1) is 16.2. The number of ether oxygens (including phenoxy) is 2. The molecule has 0 spiro atoms. The van der Waals surface area contributed by atoms with Crippen LogP contribution >= 0.6 is 0 Å². The Morgan fingerprint density at radius 2 is 1.70 bits per heavy atom. The minimum atomic E-state index is -0.725. The number of hydrogen-bond donors (Lipinski definition) is 0. The van der Waals surface area contributed by atoms with E-state index in [0.717, 1.165) is 5.57 Å². The Morgan fingerprint density at radius 3 is 2.25 bits per heavy atom. The van der Waals surface area contributed by atoms with Gasteiger partial charge in [0.1, 0.15) is 5.92 Å². The fourth-order valence-electron chi connectivity index (χ4n) is 1.78. The van der Waals surface area contributed by atoms with Crippen LogP contribution in [0.2, 0.25) is 0 Å². The molecule has 0 saturated heterocycles. The van der Waals surface area contributed by atoms with Crippen molar-refractivity contribution < 1.29 is 19.1 Å². The Balaban J connectivity index is 3.04. The van der Waals surface area contributed by atoms with E-state index in [2.05, 4.69) is 0 Å². The lowest BCUT2D eigenvalue weighted by Crippen LogP contribution is -2.26. The van der Waals surface area contributed by atoms with Crippen LogP contribution in [0.3, 0.4) is 0 Å². The van der Waals surface area contributed by atoms with E-state index in [4.69, 9.17) is 9.47 Å². The molecule has 0 fully saturated rings. The summed E-state index contributed by atoms with van der Waals surface area (Å²) in [5.41, 5.74) is 1.20. The molecular formula is C16H22O4. The van der Waals surface area contributed by atoms with Crippen LogP contribution in [0.15, 0.2) is 35.5 Å². The van der Waals surface area contributed by atoms with Gasteiger partial charge < -0.3 is 9.47 Å². The van der Waals surface area contributed by atoms with Gasteiger partial charge in [0.15, 0.2) is 0 Å². The van der Waals surface area contributed by atoms with Crippen molar-refractivity contribution in [2.24, 2.45) is 5.92 Å². The van der Waals surface area contributed by atoms with E-state index in [1.807, 2.05) is 13.0 Å². The van der Waals surface area contributed by atoms with Gasteiger partial charge in [0, 0.05) is 0 Å². The van der Waals surface area contributed by atoms with E-state index in [1.165, 1.54) is 0 Å². The van der Waals surface area contributed by atoms with Crippen molar-refractivity contribution in [2.45, 2.75) is 46.8 Å². The monoisotopic (exact) mass is 278 g/mol. The summed E-state index contributed by atoms with van der Waals surface area (Å²) in [5.74, 6) is -1.64. The Bertz CT molecular complexity index is 467. The number of allylic oxidation sites excluding steroid dienone is 4. The van der Waals surface area contributed by atoms with Gasteiger partial charge in [-0.05, 0) is 40.7 Å². The minimum Gasteiger partial charge on any atom is -0.462 e. The van der Waals surface area contributed by atoms with Crippen LogP contribution in [-0.4, -0.2) is 24.1 Å². The number of hydrogen-bond acceptors (Lipinski definition) is 4. The molecule has 0 aromatic heterocycles. The highest BCUT2D eigenvalue weighted by Crippen LogP contribution is 2.22. The second kappa shape index (κ2) is 7.08. The summed E-state index contributed by atoms with van der Waals surface area (Å²) in [6.45, 7) is 8.96. The van der Waals surface area contributed by atoms with Gasteiger partial charge in [-0.1, -0.05) is 23.8 Å². The third-order valence-electron chi connectivity index (χ3n) is 2.57. The van der Waals surface area contributed by atoms with Gasteiger partial charge in [-0.2, -0.15) is 0 Å². The molecule has 4 nitrogen and oxygen atoms in total. The molecule has 110 valence electrons. The summed E-state index contributed by atoms with van der Waals surface area (Å²) in [6.07, 6.45) is 6.47. The maximum atomic E-state index is 12.1. The van der Waals surface area contributed by atoms with E-state index in [9.17, 15) is 9.59 Å². The predicted molar refractivity (Wildman–Crippen MR) is 76.9 cm³/mol. The van der Waals surface area contributed by atoms with E-state index in [0.29, 0.717) is 5.57 Å². The zero-order chi connectivity index (χ0) is 15.3. The highest BCUT2D eigenvalue weighted by Gasteiger charge is 2.29. The van der Waals surface area contributed by atoms with Crippen molar-refractivity contribution in [2.75, 3.05) is 0 Å². The van der Waals surface area contributed by atoms with Crippen molar-refractivity contribution in [3.63, 3.8) is 0 Å². The molecule has 0 aromatic carbocycles. The second-order valence-corrected chi connectivity index (χ2v) is 5.31. The fourth-order valence-corrected chi connectivity index (χ4v) is 1.78. The molecule has 1 aliphatic carbocycles. The molecular weight excluding hydrogens is 256 g/mol. The predicted octanol–water partition coefficient (Wildman–Crippen LogP) is 2.95. The van der Waals surface area contributed by atoms with Crippen LogP contribution in [0, 0.1) is 5.92 Å². The van der Waals surface area contributed by atoms with Crippen molar-refractivity contribution in [3.05, 3.63) is 35.5 Å². The SMILES string of the molecule is CC1=CC=CC(C(=O)OC(C)C)C(C(=O)OC(C)C)=C1. The van der Waals surface area contributed by atoms with Crippen LogP contribution in [0.1, 0.15) is 34.6 Å². The molecule has 0 aromatic rings. The molecule has 1 unspecified atom stereocenters. The number of rotatable bonds is 4. The molecule has 0 aliphatic heterocycles. The summed E-state index contributed by atoms with van der Waals surface area (Å²) >= 11 is 0. The van der Waals surface area contributed by atoms with Crippen molar-refractivity contribution >= 4 is 11.9 Å². The average Bonchev–Trinajstić information content (AvgIpc) is 2.49. The maximum Gasteiger partial charge on any atom is 0.335 e. The fraction of sp³-hybridized carbons (Fsp3) is 0.500. The number of carbonyl (C=O) groups is 2. The molecule has 0 N–H and O–H groups in total. The molecule has 0 radical (unpaired) electrons. The summed E-state index contributed by atoms with van der Waals surface area (Å²) in [7, 11) is 0. The van der Waals surface area contributed by atoms with Crippen LogP contribution in [0.25, 0.3) is 0 Å². The Kier molecular flexibility index (Phi) is 5.74. The Hall–Kier alpha value is -1.84. The molecule has 20 heavy (non-hydrogen) atoms. The quantitative estimate of drug-likeness (QED) is 0.742. The van der Waals surface area contributed by atoms with Crippen LogP contribution in [0.4, 0.5) is 0 Å². The lowest BCUT2D eigenvalue weighted by atomic mass is 9.98. The van der Waals surface area contributed by atoms with Gasteiger partial charge in [-0.25, -0.2) is 4.79 Å². The molecule has 1 aliphatic rings. The summed E-state index contributed by atoms with van der Waals surface area (Å²) in [5, 5.41) is 0. The smallest absolute Gasteiger partial charge is 0.335 e. The zero-order valence-corrected chi connectivity index (χ0v) is 12.7. The third-order valence-corrected chi connectivity index (χ3v) is 2.57. The molecule has 4 heteroatoms. The number of esters is 2. The zero-order valence-electron chi connectivity index (χ0n) is 12.7. The second-order valence-electron chi connectivity index (χ2n) is 5.31. The minimum absolute atomic E-state index is 0.226. The van der Waals surface area contributed by atoms with Crippen molar-refractivity contribution in [3.8, 4) is 0 Å². The number of carbonyl (C=O) groups excluding carboxylic acids is 2. The highest BCUT2D eigenvalue weighted by molar-refractivity contribution is 5.97. The van der Waals surface area contributed by atoms with Gasteiger partial charge in [0.2, 0.25) is 0 Å². The van der Waals surface area contributed by atoms with E-state index in [1.54, 1.807) is 45.9 Å². The third kappa shape index (κ3) is 4.68. The molecule has 0 amide bonds.